The van der Waals surface area contributed by atoms with Gasteiger partial charge in [0.05, 0.1) is 10.6 Å². The molecule has 0 saturated carbocycles. The van der Waals surface area contributed by atoms with Crippen molar-refractivity contribution in [2.24, 2.45) is 0 Å². The predicted molar refractivity (Wildman–Crippen MR) is 76.8 cm³/mol. The van der Waals surface area contributed by atoms with Crippen molar-refractivity contribution in [3.8, 4) is 11.6 Å². The number of halogens is 1. The predicted octanol–water partition coefficient (Wildman–Crippen LogP) is 3.26. The summed E-state index contributed by atoms with van der Waals surface area (Å²) in [6.45, 7) is 0. The number of furan rings is 1. The van der Waals surface area contributed by atoms with E-state index in [1.165, 1.54) is 16.4 Å². The molecule has 0 aromatic carbocycles. The summed E-state index contributed by atoms with van der Waals surface area (Å²) in [7, 11) is 0. The van der Waals surface area contributed by atoms with E-state index in [0.717, 1.165) is 15.0 Å². The van der Waals surface area contributed by atoms with Gasteiger partial charge in [0.1, 0.15) is 0 Å². The van der Waals surface area contributed by atoms with E-state index < -0.39 is 0 Å². The fraction of sp³-hybridized carbons (Fsp3) is 0.0909. The second-order valence-electron chi connectivity index (χ2n) is 3.65. The van der Waals surface area contributed by atoms with Crippen LogP contribution < -0.4 is 5.84 Å². The summed E-state index contributed by atoms with van der Waals surface area (Å²) in [5, 5.41) is 8.72. The molecule has 98 valence electrons. The Morgan fingerprint density at radius 3 is 2.95 bits per heavy atom. The van der Waals surface area contributed by atoms with Gasteiger partial charge in [0, 0.05) is 10.6 Å². The minimum absolute atomic E-state index is 0.511. The topological polar surface area (TPSA) is 69.9 Å². The molecule has 3 aromatic rings. The van der Waals surface area contributed by atoms with Crippen molar-refractivity contribution in [3.05, 3.63) is 39.7 Å². The zero-order valence-corrected chi connectivity index (χ0v) is 12.0. The molecule has 0 fully saturated rings. The highest BCUT2D eigenvalue weighted by atomic mass is 35.5. The van der Waals surface area contributed by atoms with Crippen LogP contribution in [-0.2, 0) is 5.75 Å². The third-order valence-electron chi connectivity index (χ3n) is 2.38. The van der Waals surface area contributed by atoms with Crippen LogP contribution in [0, 0.1) is 0 Å². The van der Waals surface area contributed by atoms with Gasteiger partial charge in [-0.3, -0.25) is 0 Å². The Hall–Kier alpha value is -1.44. The first-order chi connectivity index (χ1) is 9.24. The smallest absolute Gasteiger partial charge is 0.218 e. The van der Waals surface area contributed by atoms with Crippen LogP contribution in [0.4, 0.5) is 0 Å². The van der Waals surface area contributed by atoms with E-state index in [-0.39, 0.29) is 0 Å². The molecule has 0 atom stereocenters. The average molecular weight is 313 g/mol. The van der Waals surface area contributed by atoms with Crippen LogP contribution >= 0.6 is 34.7 Å². The summed E-state index contributed by atoms with van der Waals surface area (Å²) in [5.74, 6) is 7.82. The maximum Gasteiger partial charge on any atom is 0.218 e. The van der Waals surface area contributed by atoms with Crippen molar-refractivity contribution in [1.29, 1.82) is 0 Å². The maximum atomic E-state index is 5.95. The molecular formula is C11H9ClN4OS2. The molecule has 3 rings (SSSR count). The number of aromatic nitrogens is 3. The number of thiophene rings is 1. The second kappa shape index (κ2) is 5.28. The van der Waals surface area contributed by atoms with Crippen LogP contribution in [0.15, 0.2) is 40.1 Å². The minimum Gasteiger partial charge on any atom is -0.461 e. The molecule has 8 heteroatoms. The van der Waals surface area contributed by atoms with Crippen LogP contribution in [0.2, 0.25) is 4.34 Å². The fourth-order valence-corrected chi connectivity index (χ4v) is 3.50. The Balaban J connectivity index is 1.75. The van der Waals surface area contributed by atoms with Crippen molar-refractivity contribution in [2.45, 2.75) is 10.9 Å². The van der Waals surface area contributed by atoms with Gasteiger partial charge in [-0.2, -0.15) is 0 Å². The first kappa shape index (κ1) is 12.6. The molecule has 0 saturated heterocycles. The molecule has 0 radical (unpaired) electrons. The van der Waals surface area contributed by atoms with E-state index in [1.807, 2.05) is 12.1 Å². The van der Waals surface area contributed by atoms with E-state index >= 15 is 0 Å². The molecule has 0 aliphatic heterocycles. The number of nitrogens with two attached hydrogens (primary N) is 1. The number of rotatable bonds is 4. The second-order valence-corrected chi connectivity index (χ2v) is 6.39. The molecule has 2 N–H and O–H groups in total. The summed E-state index contributed by atoms with van der Waals surface area (Å²) in [4.78, 5) is 1.16. The summed E-state index contributed by atoms with van der Waals surface area (Å²) in [6, 6.07) is 7.44. The van der Waals surface area contributed by atoms with E-state index in [4.69, 9.17) is 21.9 Å². The fourth-order valence-electron chi connectivity index (χ4n) is 1.51. The van der Waals surface area contributed by atoms with Crippen LogP contribution in [0.5, 0.6) is 0 Å². The Labute approximate surface area is 122 Å². The van der Waals surface area contributed by atoms with E-state index in [0.29, 0.717) is 16.7 Å². The van der Waals surface area contributed by atoms with Gasteiger partial charge in [-0.15, -0.1) is 21.5 Å². The van der Waals surface area contributed by atoms with Gasteiger partial charge >= 0.3 is 0 Å². The van der Waals surface area contributed by atoms with Gasteiger partial charge in [0.2, 0.25) is 11.0 Å². The largest absolute Gasteiger partial charge is 0.461 e. The van der Waals surface area contributed by atoms with Gasteiger partial charge < -0.3 is 10.3 Å². The third-order valence-corrected chi connectivity index (χ3v) is 4.78. The van der Waals surface area contributed by atoms with Crippen LogP contribution in [0.1, 0.15) is 4.88 Å². The lowest BCUT2D eigenvalue weighted by molar-refractivity contribution is 0.574. The number of nitrogens with zero attached hydrogens (tertiary/aromatic N) is 3. The molecule has 19 heavy (non-hydrogen) atoms. The van der Waals surface area contributed by atoms with E-state index in [2.05, 4.69) is 10.2 Å². The molecule has 0 amide bonds. The van der Waals surface area contributed by atoms with E-state index in [9.17, 15) is 0 Å². The molecular weight excluding hydrogens is 304 g/mol. The molecule has 0 bridgehead atoms. The number of hydrogen-bond donors (Lipinski definition) is 1. The highest BCUT2D eigenvalue weighted by Crippen LogP contribution is 2.29. The van der Waals surface area contributed by atoms with Gasteiger partial charge in [-0.05, 0) is 24.3 Å². The standard InChI is InChI=1S/C11H9ClN4OS2/c12-9-4-3-7(19-9)6-18-11-15-14-10(16(11)13)8-2-1-5-17-8/h1-5H,6,13H2. The van der Waals surface area contributed by atoms with Gasteiger partial charge in [0.25, 0.3) is 0 Å². The van der Waals surface area contributed by atoms with Crippen molar-refractivity contribution < 1.29 is 4.42 Å². The minimum atomic E-state index is 0.511. The number of thioether (sulfide) groups is 1. The summed E-state index contributed by atoms with van der Waals surface area (Å²) < 4.78 is 7.46. The number of nitrogen functional groups attached to an aromatic ring is 1. The van der Waals surface area contributed by atoms with E-state index in [1.54, 1.807) is 29.7 Å². The summed E-state index contributed by atoms with van der Waals surface area (Å²) in [5.41, 5.74) is 0. The van der Waals surface area contributed by atoms with Crippen LogP contribution in [0.3, 0.4) is 0 Å². The van der Waals surface area contributed by atoms with Crippen molar-refractivity contribution in [1.82, 2.24) is 14.9 Å². The Kier molecular flexibility index (Phi) is 3.50. The molecule has 0 aliphatic carbocycles. The monoisotopic (exact) mass is 312 g/mol. The summed E-state index contributed by atoms with van der Waals surface area (Å²) in [6.07, 6.45) is 1.57. The van der Waals surface area contributed by atoms with Crippen LogP contribution in [-0.4, -0.2) is 14.9 Å². The lowest BCUT2D eigenvalue weighted by atomic mass is 10.4. The lowest BCUT2D eigenvalue weighted by Crippen LogP contribution is -2.11. The van der Waals surface area contributed by atoms with Gasteiger partial charge in [-0.1, -0.05) is 23.4 Å². The van der Waals surface area contributed by atoms with Crippen LogP contribution in [0.25, 0.3) is 11.6 Å². The highest BCUT2D eigenvalue weighted by molar-refractivity contribution is 7.98. The SMILES string of the molecule is Nn1c(SCc2ccc(Cl)s2)nnc1-c1ccco1. The average Bonchev–Trinajstić information content (AvgIpc) is 3.09. The quantitative estimate of drug-likeness (QED) is 0.591. The lowest BCUT2D eigenvalue weighted by Gasteiger charge is -2.00. The molecule has 5 nitrogen and oxygen atoms in total. The van der Waals surface area contributed by atoms with Gasteiger partial charge in [0.15, 0.2) is 5.76 Å². The molecule has 0 aliphatic rings. The molecule has 3 heterocycles. The molecule has 0 unspecified atom stereocenters. The zero-order chi connectivity index (χ0) is 13.2. The van der Waals surface area contributed by atoms with Crippen molar-refractivity contribution in [3.63, 3.8) is 0 Å². The third kappa shape index (κ3) is 2.63. The Bertz CT molecular complexity index is 677. The summed E-state index contributed by atoms with van der Waals surface area (Å²) >= 11 is 8.94. The van der Waals surface area contributed by atoms with Crippen molar-refractivity contribution >= 4 is 34.7 Å². The van der Waals surface area contributed by atoms with Gasteiger partial charge in [-0.25, -0.2) is 4.68 Å². The molecule has 0 spiro atoms. The first-order valence-corrected chi connectivity index (χ1v) is 7.53. The Morgan fingerprint density at radius 2 is 2.26 bits per heavy atom. The first-order valence-electron chi connectivity index (χ1n) is 5.35. The highest BCUT2D eigenvalue weighted by Gasteiger charge is 2.14. The van der Waals surface area contributed by atoms with Crippen molar-refractivity contribution in [2.75, 3.05) is 5.84 Å². The normalized spacial score (nSPS) is 11.0. The zero-order valence-electron chi connectivity index (χ0n) is 9.62. The number of hydrogen-bond acceptors (Lipinski definition) is 6. The maximum absolute atomic E-state index is 5.95. The Morgan fingerprint density at radius 1 is 1.37 bits per heavy atom. The molecule has 3 aromatic heterocycles.